The molecular formula is C41H69N3O6. The maximum absolute atomic E-state index is 12.7. The van der Waals surface area contributed by atoms with E-state index < -0.39 is 6.10 Å². The third-order valence-electron chi connectivity index (χ3n) is 17.3. The lowest BCUT2D eigenvalue weighted by atomic mass is 9.41. The Hall–Kier alpha value is -0.970. The molecule has 50 heavy (non-hydrogen) atoms. The van der Waals surface area contributed by atoms with Crippen LogP contribution < -0.4 is 0 Å². The number of carbonyl (C=O) groups excluding carboxylic acids is 1. The molecule has 0 radical (unpaired) electrons. The number of carbonyl (C=O) groups is 1. The van der Waals surface area contributed by atoms with Gasteiger partial charge in [0.15, 0.2) is 6.29 Å². The minimum Gasteiger partial charge on any atom is -0.443 e. The van der Waals surface area contributed by atoms with Gasteiger partial charge >= 0.3 is 6.09 Å². The first-order valence-corrected chi connectivity index (χ1v) is 20.4. The summed E-state index contributed by atoms with van der Waals surface area (Å²) in [7, 11) is 5.67. The molecule has 9 nitrogen and oxygen atoms in total. The first-order valence-electron chi connectivity index (χ1n) is 20.4. The highest BCUT2D eigenvalue weighted by Gasteiger charge is 2.84. The maximum atomic E-state index is 12.7. The number of aliphatic hydroxyl groups excluding tert-OH is 1. The zero-order valence-corrected chi connectivity index (χ0v) is 33.0. The number of likely N-dealkylation sites (N-methyl/N-ethyl adjacent to an activating group) is 1. The molecule has 3 heterocycles. The van der Waals surface area contributed by atoms with Crippen LogP contribution in [-0.2, 0) is 18.9 Å². The molecule has 2 spiro atoms. The van der Waals surface area contributed by atoms with Crippen molar-refractivity contribution in [3.05, 3.63) is 0 Å². The van der Waals surface area contributed by atoms with Gasteiger partial charge in [0.2, 0.25) is 0 Å². The third kappa shape index (κ3) is 4.87. The van der Waals surface area contributed by atoms with Crippen LogP contribution in [0.3, 0.4) is 0 Å². The molecule has 0 aromatic rings. The lowest BCUT2D eigenvalue weighted by Gasteiger charge is -2.64. The van der Waals surface area contributed by atoms with Crippen LogP contribution in [0.4, 0.5) is 4.79 Å². The molecule has 8 aliphatic rings. The van der Waals surface area contributed by atoms with E-state index in [9.17, 15) is 9.90 Å². The molecule has 5 aliphatic carbocycles. The largest absolute Gasteiger partial charge is 0.443 e. The van der Waals surface area contributed by atoms with Crippen molar-refractivity contribution in [3.8, 4) is 0 Å². The summed E-state index contributed by atoms with van der Waals surface area (Å²) in [6.07, 6.45) is 7.84. The minimum absolute atomic E-state index is 0.0108. The molecule has 0 aromatic carbocycles. The van der Waals surface area contributed by atoms with Crippen molar-refractivity contribution in [1.29, 1.82) is 0 Å². The highest BCUT2D eigenvalue weighted by Crippen LogP contribution is 2.89. The van der Waals surface area contributed by atoms with E-state index in [0.29, 0.717) is 40.5 Å². The minimum atomic E-state index is -0.522. The third-order valence-corrected chi connectivity index (χ3v) is 17.3. The molecule has 3 aliphatic heterocycles. The number of amides is 1. The van der Waals surface area contributed by atoms with E-state index in [-0.39, 0.29) is 59.0 Å². The summed E-state index contributed by atoms with van der Waals surface area (Å²) in [6, 6.07) is 0.642. The van der Waals surface area contributed by atoms with E-state index in [1.165, 1.54) is 37.0 Å². The van der Waals surface area contributed by atoms with Crippen molar-refractivity contribution in [1.82, 2.24) is 14.7 Å². The van der Waals surface area contributed by atoms with Gasteiger partial charge in [0.1, 0.15) is 6.10 Å². The van der Waals surface area contributed by atoms with E-state index in [2.05, 4.69) is 65.3 Å². The summed E-state index contributed by atoms with van der Waals surface area (Å²) in [6.45, 7) is 21.6. The van der Waals surface area contributed by atoms with Crippen molar-refractivity contribution in [2.45, 2.75) is 143 Å². The van der Waals surface area contributed by atoms with Crippen LogP contribution in [0.2, 0.25) is 0 Å². The summed E-state index contributed by atoms with van der Waals surface area (Å²) in [5, 5.41) is 12.7. The molecule has 9 heteroatoms. The summed E-state index contributed by atoms with van der Waals surface area (Å²) in [4.78, 5) is 19.2. The average Bonchev–Trinajstić information content (AvgIpc) is 3.68. The Morgan fingerprint density at radius 3 is 2.36 bits per heavy atom. The highest BCUT2D eigenvalue weighted by atomic mass is 16.7. The molecule has 0 unspecified atom stereocenters. The maximum Gasteiger partial charge on any atom is 0.409 e. The Morgan fingerprint density at radius 2 is 1.68 bits per heavy atom. The number of rotatable bonds is 6. The van der Waals surface area contributed by atoms with Crippen LogP contribution in [0.1, 0.15) is 99.8 Å². The van der Waals surface area contributed by atoms with E-state index in [1.54, 1.807) is 14.1 Å². The van der Waals surface area contributed by atoms with Gasteiger partial charge in [0.25, 0.3) is 0 Å². The van der Waals surface area contributed by atoms with E-state index in [0.717, 1.165) is 52.0 Å². The number of hydrogen-bond acceptors (Lipinski definition) is 8. The molecule has 1 N–H and O–H groups in total. The monoisotopic (exact) mass is 700 g/mol. The van der Waals surface area contributed by atoms with Gasteiger partial charge in [-0.25, -0.2) is 4.79 Å². The molecule has 8 fully saturated rings. The van der Waals surface area contributed by atoms with Crippen LogP contribution in [0.25, 0.3) is 0 Å². The second-order valence-electron chi connectivity index (χ2n) is 20.3. The van der Waals surface area contributed by atoms with Crippen molar-refractivity contribution in [2.75, 3.05) is 53.9 Å². The average molecular weight is 700 g/mol. The van der Waals surface area contributed by atoms with Crippen molar-refractivity contribution in [2.24, 2.45) is 56.7 Å². The predicted molar refractivity (Wildman–Crippen MR) is 192 cm³/mol. The van der Waals surface area contributed by atoms with E-state index in [1.807, 2.05) is 0 Å². The van der Waals surface area contributed by atoms with Crippen LogP contribution >= 0.6 is 0 Å². The second kappa shape index (κ2) is 12.0. The van der Waals surface area contributed by atoms with Gasteiger partial charge in [0.05, 0.1) is 31.0 Å². The van der Waals surface area contributed by atoms with E-state index >= 15 is 0 Å². The van der Waals surface area contributed by atoms with Crippen LogP contribution in [-0.4, -0.2) is 123 Å². The second-order valence-corrected chi connectivity index (χ2v) is 20.3. The molecule has 8 rings (SSSR count). The van der Waals surface area contributed by atoms with Gasteiger partial charge in [-0.15, -0.1) is 0 Å². The standard InChI is InChI=1S/C41H69N3O6/c1-24(2)33(50-36(46)42(8)9)27-19-25(3)32-34(48-27)35(45)39(7)29-12-11-28-37(4,5)30(13-14-40(28)23-41(29,40)16-15-38(32,39)6)49-31-22-44(17-18-47-31)26-20-43(10)21-26/h24-35,45H,11-23H2,1-10H3/t25-,27-,28+,29+,30+,31+,32+,33-,34+,35+,38-,39-,40-,41+/m1/s1. The number of morpholine rings is 1. The van der Waals surface area contributed by atoms with Gasteiger partial charge < -0.3 is 33.9 Å². The van der Waals surface area contributed by atoms with Gasteiger partial charge in [0, 0.05) is 51.7 Å². The molecule has 0 aromatic heterocycles. The molecule has 3 saturated heterocycles. The molecule has 284 valence electrons. The Labute approximate surface area is 302 Å². The molecule has 1 amide bonds. The molecular weight excluding hydrogens is 630 g/mol. The fraction of sp³-hybridized carbons (Fsp3) is 0.976. The highest BCUT2D eigenvalue weighted by molar-refractivity contribution is 5.67. The summed E-state index contributed by atoms with van der Waals surface area (Å²) < 4.78 is 26.3. The number of aliphatic hydroxyl groups is 1. The summed E-state index contributed by atoms with van der Waals surface area (Å²) in [5.74, 6) is 1.94. The molecule has 14 atom stereocenters. The number of nitrogens with zero attached hydrogens (tertiary/aromatic N) is 3. The van der Waals surface area contributed by atoms with Crippen molar-refractivity contribution >= 4 is 6.09 Å². The first kappa shape index (κ1) is 36.0. The van der Waals surface area contributed by atoms with Gasteiger partial charge in [-0.05, 0) is 110 Å². The molecule has 5 saturated carbocycles. The smallest absolute Gasteiger partial charge is 0.409 e. The Balaban J connectivity index is 1.01. The van der Waals surface area contributed by atoms with Gasteiger partial charge in [-0.1, -0.05) is 48.5 Å². The summed E-state index contributed by atoms with van der Waals surface area (Å²) in [5.41, 5.74) is 0.541. The molecule has 0 bridgehead atoms. The number of hydrogen-bond donors (Lipinski definition) is 1. The summed E-state index contributed by atoms with van der Waals surface area (Å²) >= 11 is 0. The van der Waals surface area contributed by atoms with Crippen LogP contribution in [0.15, 0.2) is 0 Å². The lowest BCUT2D eigenvalue weighted by Crippen LogP contribution is -2.62. The Kier molecular flexibility index (Phi) is 8.66. The number of ether oxygens (including phenoxy) is 4. The lowest BCUT2D eigenvalue weighted by molar-refractivity contribution is -0.253. The topological polar surface area (TPSA) is 83.9 Å². The zero-order valence-electron chi connectivity index (χ0n) is 33.0. The number of fused-ring (bicyclic) bond motifs is 4. The quantitative estimate of drug-likeness (QED) is 0.368. The van der Waals surface area contributed by atoms with E-state index in [4.69, 9.17) is 18.9 Å². The van der Waals surface area contributed by atoms with Crippen molar-refractivity contribution in [3.63, 3.8) is 0 Å². The fourth-order valence-corrected chi connectivity index (χ4v) is 14.8. The normalized spacial score (nSPS) is 50.6. The van der Waals surface area contributed by atoms with Gasteiger partial charge in [-0.2, -0.15) is 0 Å². The SMILES string of the molecule is CC(C)[C@@H](OC(=O)N(C)C)[C@H]1C[C@@H](C)[C@H]2[C@H](O1)[C@H](O)[C@@]1(C)[C@@H]3CC[C@H]4C(C)(C)[C@@H](O[C@H]5CN(C6CN(C)C6)CCO5)CC[C@@]45C[C@@]35CC[C@]21C. The fourth-order valence-electron chi connectivity index (χ4n) is 14.8. The van der Waals surface area contributed by atoms with Gasteiger partial charge in [-0.3, -0.25) is 4.90 Å². The predicted octanol–water partition coefficient (Wildman–Crippen LogP) is 5.88. The zero-order chi connectivity index (χ0) is 35.8. The van der Waals surface area contributed by atoms with Crippen LogP contribution in [0.5, 0.6) is 0 Å². The Morgan fingerprint density at radius 1 is 0.980 bits per heavy atom. The van der Waals surface area contributed by atoms with Crippen molar-refractivity contribution < 1.29 is 28.8 Å². The first-order chi connectivity index (χ1) is 23.5. The Bertz CT molecular complexity index is 1320. The van der Waals surface area contributed by atoms with Crippen LogP contribution in [0, 0.1) is 56.7 Å². The number of likely N-dealkylation sites (tertiary alicyclic amines) is 1.